The Morgan fingerprint density at radius 1 is 1.00 bits per heavy atom. The monoisotopic (exact) mass is 561 g/mol. The normalized spacial score (nSPS) is 20.5. The number of benzene rings is 1. The van der Waals surface area contributed by atoms with E-state index in [0.29, 0.717) is 29.9 Å². The maximum Gasteiger partial charge on any atom is 0.490 e. The number of halogens is 4. The fourth-order valence-electron chi connectivity index (χ4n) is 4.93. The number of ether oxygens (including phenoxy) is 1. The zero-order chi connectivity index (χ0) is 29.0. The van der Waals surface area contributed by atoms with Crippen LogP contribution in [0.5, 0.6) is 0 Å². The second kappa shape index (κ2) is 15.8. The standard InChI is InChI=1S/C25H38FN3O3.C2HF3O2/c1-28(25(31)27-15-19-3-5-21(6-4-19)18-32-2)16-20-11-13-29(14-12-20)17-24(30)22-7-9-23(26)10-8-22;3-2(4,5)1(6)7/h7-10,19-21H,3-6,11-18H2,1-2H3,(H,27,31);(H,6,7). The van der Waals surface area contributed by atoms with Crippen molar-refractivity contribution in [2.45, 2.75) is 44.7 Å². The van der Waals surface area contributed by atoms with Crippen molar-refractivity contribution in [2.75, 3.05) is 53.5 Å². The lowest BCUT2D eigenvalue weighted by Gasteiger charge is -2.34. The molecule has 1 saturated heterocycles. The third-order valence-corrected chi connectivity index (χ3v) is 7.27. The number of Topliss-reactive ketones (excluding diaryl/α,β-unsaturated/α-hetero) is 1. The van der Waals surface area contributed by atoms with Gasteiger partial charge in [-0.25, -0.2) is 14.0 Å². The number of hydrogen-bond donors (Lipinski definition) is 2. The van der Waals surface area contributed by atoms with Crippen LogP contribution in [0, 0.1) is 23.6 Å². The van der Waals surface area contributed by atoms with Crippen molar-refractivity contribution < 1.29 is 41.8 Å². The molecule has 0 aromatic heterocycles. The lowest BCUT2D eigenvalue weighted by Crippen LogP contribution is -2.45. The van der Waals surface area contributed by atoms with Gasteiger partial charge in [0.15, 0.2) is 5.78 Å². The molecule has 1 aliphatic heterocycles. The summed E-state index contributed by atoms with van der Waals surface area (Å²) >= 11 is 0. The molecule has 1 aliphatic carbocycles. The predicted octanol–water partition coefficient (Wildman–Crippen LogP) is 4.45. The highest BCUT2D eigenvalue weighted by atomic mass is 19.4. The molecular formula is C27H39F4N3O5. The average molecular weight is 562 g/mol. The van der Waals surface area contributed by atoms with Gasteiger partial charge in [-0.3, -0.25) is 9.69 Å². The summed E-state index contributed by atoms with van der Waals surface area (Å²) in [6, 6.07) is 5.75. The molecule has 0 bridgehead atoms. The number of carbonyl (C=O) groups excluding carboxylic acids is 2. The smallest absolute Gasteiger partial charge is 0.475 e. The number of hydrogen-bond acceptors (Lipinski definition) is 5. The number of carboxylic acid groups (broad SMARTS) is 1. The summed E-state index contributed by atoms with van der Waals surface area (Å²) in [4.78, 5) is 37.8. The highest BCUT2D eigenvalue weighted by Crippen LogP contribution is 2.28. The minimum Gasteiger partial charge on any atom is -0.475 e. The Hall–Kier alpha value is -2.73. The van der Waals surface area contributed by atoms with Crippen LogP contribution in [0.25, 0.3) is 0 Å². The number of piperidine rings is 1. The number of nitrogens with zero attached hydrogens (tertiary/aromatic N) is 2. The van der Waals surface area contributed by atoms with Gasteiger partial charge in [-0.1, -0.05) is 0 Å². The van der Waals surface area contributed by atoms with Crippen molar-refractivity contribution >= 4 is 17.8 Å². The molecule has 8 nitrogen and oxygen atoms in total. The van der Waals surface area contributed by atoms with E-state index in [-0.39, 0.29) is 17.6 Å². The van der Waals surface area contributed by atoms with Crippen LogP contribution in [0.15, 0.2) is 24.3 Å². The van der Waals surface area contributed by atoms with E-state index in [0.717, 1.165) is 58.5 Å². The van der Waals surface area contributed by atoms with Gasteiger partial charge in [0.25, 0.3) is 0 Å². The third kappa shape index (κ3) is 11.9. The summed E-state index contributed by atoms with van der Waals surface area (Å²) in [5.41, 5.74) is 0.553. The number of carboxylic acids is 1. The Balaban J connectivity index is 0.000000673. The fraction of sp³-hybridized carbons (Fsp3) is 0.667. The Labute approximate surface area is 226 Å². The first-order chi connectivity index (χ1) is 18.4. The zero-order valence-electron chi connectivity index (χ0n) is 22.5. The van der Waals surface area contributed by atoms with Gasteiger partial charge in [0, 0.05) is 39.4 Å². The van der Waals surface area contributed by atoms with Gasteiger partial charge < -0.3 is 20.1 Å². The number of rotatable bonds is 9. The van der Waals surface area contributed by atoms with Crippen LogP contribution >= 0.6 is 0 Å². The van der Waals surface area contributed by atoms with Crippen LogP contribution in [-0.4, -0.2) is 92.4 Å². The molecule has 3 rings (SSSR count). The second-order valence-corrected chi connectivity index (χ2v) is 10.4. The Morgan fingerprint density at radius 3 is 2.05 bits per heavy atom. The number of alkyl halides is 3. The first-order valence-electron chi connectivity index (χ1n) is 13.2. The quantitative estimate of drug-likeness (QED) is 0.342. The van der Waals surface area contributed by atoms with Crippen LogP contribution in [0.1, 0.15) is 48.9 Å². The molecule has 220 valence electrons. The molecule has 2 amide bonds. The topological polar surface area (TPSA) is 99.2 Å². The Bertz CT molecular complexity index is 913. The number of aliphatic carboxylic acids is 1. The summed E-state index contributed by atoms with van der Waals surface area (Å²) in [6.07, 6.45) is 1.55. The number of urea groups is 1. The number of amides is 2. The average Bonchev–Trinajstić information content (AvgIpc) is 2.89. The van der Waals surface area contributed by atoms with Gasteiger partial charge in [-0.2, -0.15) is 13.2 Å². The van der Waals surface area contributed by atoms with E-state index in [4.69, 9.17) is 14.6 Å². The zero-order valence-corrected chi connectivity index (χ0v) is 22.5. The van der Waals surface area contributed by atoms with Gasteiger partial charge >= 0.3 is 18.2 Å². The van der Waals surface area contributed by atoms with Crippen molar-refractivity contribution in [3.05, 3.63) is 35.6 Å². The van der Waals surface area contributed by atoms with E-state index in [2.05, 4.69) is 10.2 Å². The van der Waals surface area contributed by atoms with E-state index in [1.165, 1.54) is 25.0 Å². The van der Waals surface area contributed by atoms with Gasteiger partial charge in [0.2, 0.25) is 0 Å². The van der Waals surface area contributed by atoms with E-state index in [9.17, 15) is 27.2 Å². The molecule has 0 unspecified atom stereocenters. The fourth-order valence-corrected chi connectivity index (χ4v) is 4.93. The van der Waals surface area contributed by atoms with Crippen LogP contribution in [0.3, 0.4) is 0 Å². The Morgan fingerprint density at radius 2 is 1.54 bits per heavy atom. The maximum atomic E-state index is 13.0. The summed E-state index contributed by atoms with van der Waals surface area (Å²) in [7, 11) is 3.63. The van der Waals surface area contributed by atoms with Gasteiger partial charge in [-0.15, -0.1) is 0 Å². The first kappa shape index (κ1) is 32.5. The van der Waals surface area contributed by atoms with Crippen molar-refractivity contribution in [1.29, 1.82) is 0 Å². The van der Waals surface area contributed by atoms with Crippen molar-refractivity contribution in [1.82, 2.24) is 15.1 Å². The molecule has 39 heavy (non-hydrogen) atoms. The molecule has 2 N–H and O–H groups in total. The molecule has 12 heteroatoms. The van der Waals surface area contributed by atoms with Gasteiger partial charge in [0.05, 0.1) is 6.54 Å². The van der Waals surface area contributed by atoms with Crippen molar-refractivity contribution in [2.24, 2.45) is 17.8 Å². The molecule has 2 aliphatic rings. The third-order valence-electron chi connectivity index (χ3n) is 7.27. The molecule has 0 atom stereocenters. The lowest BCUT2D eigenvalue weighted by molar-refractivity contribution is -0.192. The first-order valence-corrected chi connectivity index (χ1v) is 13.2. The van der Waals surface area contributed by atoms with E-state index in [1.54, 1.807) is 24.1 Å². The molecule has 1 aromatic rings. The van der Waals surface area contributed by atoms with Gasteiger partial charge in [-0.05, 0) is 93.6 Å². The number of likely N-dealkylation sites (tertiary alicyclic amines) is 1. The largest absolute Gasteiger partial charge is 0.490 e. The summed E-state index contributed by atoms with van der Waals surface area (Å²) < 4.78 is 50.0. The van der Waals surface area contributed by atoms with E-state index in [1.807, 2.05) is 7.05 Å². The lowest BCUT2D eigenvalue weighted by atomic mass is 9.82. The molecule has 0 spiro atoms. The summed E-state index contributed by atoms with van der Waals surface area (Å²) in [5.74, 6) is -1.37. The summed E-state index contributed by atoms with van der Waals surface area (Å²) in [5, 5.41) is 10.2. The minimum absolute atomic E-state index is 0.0120. The number of methoxy groups -OCH3 is 1. The van der Waals surface area contributed by atoms with E-state index < -0.39 is 12.1 Å². The summed E-state index contributed by atoms with van der Waals surface area (Å²) in [6.45, 7) is 4.40. The highest BCUT2D eigenvalue weighted by molar-refractivity contribution is 5.97. The van der Waals surface area contributed by atoms with Crippen molar-refractivity contribution in [3.63, 3.8) is 0 Å². The number of carbonyl (C=O) groups is 3. The Kier molecular flexibility index (Phi) is 13.1. The molecule has 1 aromatic carbocycles. The van der Waals surface area contributed by atoms with Crippen LogP contribution in [0.4, 0.5) is 22.4 Å². The molecule has 0 radical (unpaired) electrons. The molecular weight excluding hydrogens is 522 g/mol. The van der Waals surface area contributed by atoms with E-state index >= 15 is 0 Å². The van der Waals surface area contributed by atoms with Crippen molar-refractivity contribution in [3.8, 4) is 0 Å². The predicted molar refractivity (Wildman–Crippen MR) is 137 cm³/mol. The van der Waals surface area contributed by atoms with Crippen LogP contribution in [-0.2, 0) is 9.53 Å². The molecule has 2 fully saturated rings. The number of nitrogens with one attached hydrogen (secondary N) is 1. The number of ketones is 1. The molecule has 1 saturated carbocycles. The highest BCUT2D eigenvalue weighted by Gasteiger charge is 2.38. The SMILES string of the molecule is COCC1CCC(CNC(=O)N(C)CC2CCN(CC(=O)c3ccc(F)cc3)CC2)CC1.O=C(O)C(F)(F)F. The van der Waals surface area contributed by atoms with Crippen LogP contribution in [0.2, 0.25) is 0 Å². The minimum atomic E-state index is -5.08. The second-order valence-electron chi connectivity index (χ2n) is 10.4. The van der Waals surface area contributed by atoms with Gasteiger partial charge in [0.1, 0.15) is 5.82 Å². The molecule has 1 heterocycles. The maximum absolute atomic E-state index is 13.0. The van der Waals surface area contributed by atoms with Crippen LogP contribution < -0.4 is 5.32 Å².